The molecule has 0 bridgehead atoms. The lowest BCUT2D eigenvalue weighted by Crippen LogP contribution is -2.12. The van der Waals surface area contributed by atoms with Crippen molar-refractivity contribution in [3.8, 4) is 0 Å². The average Bonchev–Trinajstić information content (AvgIpc) is 2.68. The molecule has 0 aliphatic carbocycles. The van der Waals surface area contributed by atoms with Crippen LogP contribution in [-0.4, -0.2) is 9.55 Å². The summed E-state index contributed by atoms with van der Waals surface area (Å²) in [7, 11) is 1.96. The molecule has 0 aliphatic heterocycles. The highest BCUT2D eigenvalue weighted by atomic mass is 35.5. The monoisotopic (exact) mass is 269 g/mol. The third-order valence-electron chi connectivity index (χ3n) is 2.55. The molecule has 0 fully saturated rings. The molecule has 2 rings (SSSR count). The molecule has 0 spiro atoms. The quantitative estimate of drug-likeness (QED) is 0.916. The zero-order chi connectivity index (χ0) is 12.4. The maximum atomic E-state index is 6.10. The topological polar surface area (TPSA) is 29.9 Å². The highest BCUT2D eigenvalue weighted by Crippen LogP contribution is 2.28. The first kappa shape index (κ1) is 12.3. The van der Waals surface area contributed by atoms with Gasteiger partial charge >= 0.3 is 0 Å². The molecule has 0 saturated heterocycles. The van der Waals surface area contributed by atoms with E-state index >= 15 is 0 Å². The molecule has 1 N–H and O–H groups in total. The fourth-order valence-electron chi connectivity index (χ4n) is 1.70. The SMILES string of the molecule is CC(Nc1ccc(Cl)cc1Cl)c1nccn1C. The van der Waals surface area contributed by atoms with E-state index in [2.05, 4.69) is 10.3 Å². The Bertz CT molecular complexity index is 522. The molecular weight excluding hydrogens is 257 g/mol. The molecule has 1 aromatic heterocycles. The number of nitrogens with one attached hydrogen (secondary N) is 1. The summed E-state index contributed by atoms with van der Waals surface area (Å²) in [5.41, 5.74) is 0.853. The Morgan fingerprint density at radius 3 is 2.71 bits per heavy atom. The number of benzene rings is 1. The minimum Gasteiger partial charge on any atom is -0.374 e. The summed E-state index contributed by atoms with van der Waals surface area (Å²) < 4.78 is 1.97. The van der Waals surface area contributed by atoms with Crippen molar-refractivity contribution >= 4 is 28.9 Å². The van der Waals surface area contributed by atoms with Gasteiger partial charge in [-0.25, -0.2) is 4.98 Å². The van der Waals surface area contributed by atoms with Crippen molar-refractivity contribution < 1.29 is 0 Å². The second kappa shape index (κ2) is 4.98. The van der Waals surface area contributed by atoms with E-state index in [1.54, 1.807) is 18.3 Å². The van der Waals surface area contributed by atoms with Crippen LogP contribution in [-0.2, 0) is 7.05 Å². The van der Waals surface area contributed by atoms with Gasteiger partial charge in [-0.3, -0.25) is 0 Å². The van der Waals surface area contributed by atoms with Crippen LogP contribution in [0.15, 0.2) is 30.6 Å². The number of imidazole rings is 1. The van der Waals surface area contributed by atoms with Gasteiger partial charge in [0.1, 0.15) is 5.82 Å². The Morgan fingerprint density at radius 2 is 2.12 bits per heavy atom. The van der Waals surface area contributed by atoms with E-state index in [0.29, 0.717) is 10.0 Å². The van der Waals surface area contributed by atoms with Gasteiger partial charge in [-0.1, -0.05) is 23.2 Å². The van der Waals surface area contributed by atoms with E-state index < -0.39 is 0 Å². The highest BCUT2D eigenvalue weighted by molar-refractivity contribution is 6.36. The number of halogens is 2. The second-order valence-electron chi connectivity index (χ2n) is 3.89. The third kappa shape index (κ3) is 2.73. The minimum absolute atomic E-state index is 0.0775. The largest absolute Gasteiger partial charge is 0.374 e. The summed E-state index contributed by atoms with van der Waals surface area (Å²) in [6.07, 6.45) is 3.69. The first-order valence-corrected chi connectivity index (χ1v) is 6.02. The maximum Gasteiger partial charge on any atom is 0.130 e. The molecule has 5 heteroatoms. The third-order valence-corrected chi connectivity index (χ3v) is 3.10. The van der Waals surface area contributed by atoms with Crippen LogP contribution in [0.1, 0.15) is 18.8 Å². The van der Waals surface area contributed by atoms with E-state index in [1.807, 2.05) is 30.8 Å². The van der Waals surface area contributed by atoms with Crippen LogP contribution in [0.4, 0.5) is 5.69 Å². The fourth-order valence-corrected chi connectivity index (χ4v) is 2.16. The second-order valence-corrected chi connectivity index (χ2v) is 4.73. The van der Waals surface area contributed by atoms with Gasteiger partial charge in [0.05, 0.1) is 16.8 Å². The molecule has 0 amide bonds. The van der Waals surface area contributed by atoms with Crippen LogP contribution in [0.2, 0.25) is 10.0 Å². The fraction of sp³-hybridized carbons (Fsp3) is 0.250. The van der Waals surface area contributed by atoms with Gasteiger partial charge in [-0.15, -0.1) is 0 Å². The van der Waals surface area contributed by atoms with Crippen molar-refractivity contribution in [3.05, 3.63) is 46.5 Å². The zero-order valence-corrected chi connectivity index (χ0v) is 11.1. The van der Waals surface area contributed by atoms with Crippen molar-refractivity contribution in [3.63, 3.8) is 0 Å². The molecule has 2 aromatic rings. The predicted octanol–water partition coefficient (Wildman–Crippen LogP) is 3.90. The number of anilines is 1. The lowest BCUT2D eigenvalue weighted by Gasteiger charge is -2.16. The molecule has 90 valence electrons. The van der Waals surface area contributed by atoms with E-state index in [1.165, 1.54) is 0 Å². The lowest BCUT2D eigenvalue weighted by atomic mass is 10.2. The normalized spacial score (nSPS) is 12.5. The predicted molar refractivity (Wildman–Crippen MR) is 71.7 cm³/mol. The van der Waals surface area contributed by atoms with Crippen LogP contribution >= 0.6 is 23.2 Å². The Kier molecular flexibility index (Phi) is 3.60. The standard InChI is InChI=1S/C12H13Cl2N3/c1-8(12-15-5-6-17(12)2)16-11-4-3-9(13)7-10(11)14/h3-8,16H,1-2H3. The molecule has 17 heavy (non-hydrogen) atoms. The van der Waals surface area contributed by atoms with Crippen molar-refractivity contribution in [2.45, 2.75) is 13.0 Å². The number of nitrogens with zero attached hydrogens (tertiary/aromatic N) is 2. The summed E-state index contributed by atoms with van der Waals surface area (Å²) in [6.45, 7) is 2.03. The van der Waals surface area contributed by atoms with Crippen LogP contribution < -0.4 is 5.32 Å². The molecule has 1 aromatic carbocycles. The number of aromatic nitrogens is 2. The summed E-state index contributed by atoms with van der Waals surface area (Å²) in [5, 5.41) is 4.55. The van der Waals surface area contributed by atoms with Crippen LogP contribution in [0.25, 0.3) is 0 Å². The summed E-state index contributed by atoms with van der Waals surface area (Å²) in [5.74, 6) is 0.955. The highest BCUT2D eigenvalue weighted by Gasteiger charge is 2.11. The first-order valence-electron chi connectivity index (χ1n) is 5.26. The van der Waals surface area contributed by atoms with Gasteiger partial charge in [0.15, 0.2) is 0 Å². The van der Waals surface area contributed by atoms with Crippen molar-refractivity contribution in [1.82, 2.24) is 9.55 Å². The maximum absolute atomic E-state index is 6.10. The Morgan fingerprint density at radius 1 is 1.35 bits per heavy atom. The minimum atomic E-state index is 0.0775. The molecular formula is C12H13Cl2N3. The number of aryl methyl sites for hydroxylation is 1. The van der Waals surface area contributed by atoms with E-state index in [9.17, 15) is 0 Å². The molecule has 1 atom stereocenters. The van der Waals surface area contributed by atoms with Crippen molar-refractivity contribution in [1.29, 1.82) is 0 Å². The first-order chi connectivity index (χ1) is 8.08. The molecule has 3 nitrogen and oxygen atoms in total. The lowest BCUT2D eigenvalue weighted by molar-refractivity contribution is 0.722. The molecule has 0 aliphatic rings. The Labute approximate surface area is 110 Å². The van der Waals surface area contributed by atoms with Gasteiger partial charge in [-0.05, 0) is 25.1 Å². The zero-order valence-electron chi connectivity index (χ0n) is 9.61. The van der Waals surface area contributed by atoms with Crippen LogP contribution in [0, 0.1) is 0 Å². The van der Waals surface area contributed by atoms with E-state index in [0.717, 1.165) is 11.5 Å². The molecule has 1 heterocycles. The summed E-state index contributed by atoms with van der Waals surface area (Å²) in [6, 6.07) is 5.47. The van der Waals surface area contributed by atoms with Crippen molar-refractivity contribution in [2.75, 3.05) is 5.32 Å². The number of rotatable bonds is 3. The Balaban J connectivity index is 2.19. The smallest absolute Gasteiger partial charge is 0.130 e. The van der Waals surface area contributed by atoms with Gasteiger partial charge in [0.25, 0.3) is 0 Å². The number of hydrogen-bond donors (Lipinski definition) is 1. The average molecular weight is 270 g/mol. The van der Waals surface area contributed by atoms with E-state index in [4.69, 9.17) is 23.2 Å². The van der Waals surface area contributed by atoms with Crippen LogP contribution in [0.3, 0.4) is 0 Å². The Hall–Kier alpha value is -1.19. The number of hydrogen-bond acceptors (Lipinski definition) is 2. The molecule has 0 saturated carbocycles. The van der Waals surface area contributed by atoms with Gasteiger partial charge < -0.3 is 9.88 Å². The van der Waals surface area contributed by atoms with Gasteiger partial charge in [0, 0.05) is 24.5 Å². The van der Waals surface area contributed by atoms with Gasteiger partial charge in [0.2, 0.25) is 0 Å². The van der Waals surface area contributed by atoms with Gasteiger partial charge in [-0.2, -0.15) is 0 Å². The molecule has 0 radical (unpaired) electrons. The summed E-state index contributed by atoms with van der Waals surface area (Å²) >= 11 is 12.0. The van der Waals surface area contributed by atoms with Crippen molar-refractivity contribution in [2.24, 2.45) is 7.05 Å². The summed E-state index contributed by atoms with van der Waals surface area (Å²) in [4.78, 5) is 4.29. The molecule has 1 unspecified atom stereocenters. The van der Waals surface area contributed by atoms with E-state index in [-0.39, 0.29) is 6.04 Å². The van der Waals surface area contributed by atoms with Crippen LogP contribution in [0.5, 0.6) is 0 Å².